The summed E-state index contributed by atoms with van der Waals surface area (Å²) in [5.74, 6) is 0.882. The van der Waals surface area contributed by atoms with Gasteiger partial charge in [0.2, 0.25) is 0 Å². The predicted molar refractivity (Wildman–Crippen MR) is 59.2 cm³/mol. The first-order valence-corrected chi connectivity index (χ1v) is 5.62. The van der Waals surface area contributed by atoms with Crippen LogP contribution in [0.5, 0.6) is 0 Å². The summed E-state index contributed by atoms with van der Waals surface area (Å²) in [6.07, 6.45) is 6.08. The molecule has 0 bridgehead atoms. The Hall–Kier alpha value is -0.760. The Kier molecular flexibility index (Phi) is 2.92. The standard InChI is InChI=1S/C12H20N2/c1-10-5-6-11(13-8-7-10)12-4-3-9-14(12)2/h3-4,9-11,13H,5-8H2,1-2H3/t10-,11+/m0/s1. The van der Waals surface area contributed by atoms with E-state index in [1.807, 2.05) is 0 Å². The van der Waals surface area contributed by atoms with E-state index in [2.05, 4.69) is 42.2 Å². The second-order valence-electron chi connectivity index (χ2n) is 4.52. The van der Waals surface area contributed by atoms with Gasteiger partial charge in [0.25, 0.3) is 0 Å². The number of rotatable bonds is 1. The minimum Gasteiger partial charge on any atom is -0.353 e. The van der Waals surface area contributed by atoms with Gasteiger partial charge >= 0.3 is 0 Å². The molecule has 0 spiro atoms. The van der Waals surface area contributed by atoms with Crippen LogP contribution >= 0.6 is 0 Å². The van der Waals surface area contributed by atoms with Gasteiger partial charge < -0.3 is 9.88 Å². The van der Waals surface area contributed by atoms with Crippen LogP contribution in [0, 0.1) is 5.92 Å². The van der Waals surface area contributed by atoms with Gasteiger partial charge in [0.05, 0.1) is 0 Å². The van der Waals surface area contributed by atoms with E-state index in [1.54, 1.807) is 0 Å². The number of hydrogen-bond donors (Lipinski definition) is 1. The fourth-order valence-corrected chi connectivity index (χ4v) is 2.29. The molecule has 0 radical (unpaired) electrons. The summed E-state index contributed by atoms with van der Waals surface area (Å²) in [5.41, 5.74) is 1.43. The lowest BCUT2D eigenvalue weighted by molar-refractivity contribution is 0.488. The average Bonchev–Trinajstić information content (AvgIpc) is 2.46. The van der Waals surface area contributed by atoms with Crippen LogP contribution in [-0.4, -0.2) is 11.1 Å². The van der Waals surface area contributed by atoms with E-state index in [1.165, 1.54) is 25.0 Å². The zero-order valence-electron chi connectivity index (χ0n) is 9.16. The van der Waals surface area contributed by atoms with Crippen molar-refractivity contribution in [2.45, 2.75) is 32.2 Å². The van der Waals surface area contributed by atoms with Crippen molar-refractivity contribution in [3.05, 3.63) is 24.0 Å². The Morgan fingerprint density at radius 2 is 2.21 bits per heavy atom. The molecular weight excluding hydrogens is 172 g/mol. The quantitative estimate of drug-likeness (QED) is 0.723. The van der Waals surface area contributed by atoms with Crippen LogP contribution in [0.3, 0.4) is 0 Å². The lowest BCUT2D eigenvalue weighted by Gasteiger charge is -2.16. The Labute approximate surface area is 86.3 Å². The molecule has 1 aliphatic rings. The molecule has 2 nitrogen and oxygen atoms in total. The highest BCUT2D eigenvalue weighted by molar-refractivity contribution is 5.11. The molecule has 1 N–H and O–H groups in total. The van der Waals surface area contributed by atoms with Crippen LogP contribution in [0.2, 0.25) is 0 Å². The molecule has 2 rings (SSSR count). The van der Waals surface area contributed by atoms with Crippen molar-refractivity contribution in [2.24, 2.45) is 13.0 Å². The first kappa shape index (κ1) is 9.78. The van der Waals surface area contributed by atoms with Gasteiger partial charge in [-0.15, -0.1) is 0 Å². The van der Waals surface area contributed by atoms with E-state index in [9.17, 15) is 0 Å². The number of aromatic nitrogens is 1. The summed E-state index contributed by atoms with van der Waals surface area (Å²) in [7, 11) is 2.13. The topological polar surface area (TPSA) is 17.0 Å². The predicted octanol–water partition coefficient (Wildman–Crippen LogP) is 2.48. The summed E-state index contributed by atoms with van der Waals surface area (Å²) < 4.78 is 2.23. The first-order chi connectivity index (χ1) is 6.77. The smallest absolute Gasteiger partial charge is 0.0474 e. The largest absolute Gasteiger partial charge is 0.353 e. The van der Waals surface area contributed by atoms with Gasteiger partial charge in [-0.1, -0.05) is 6.92 Å². The maximum Gasteiger partial charge on any atom is 0.0474 e. The second kappa shape index (κ2) is 4.18. The third kappa shape index (κ3) is 2.01. The summed E-state index contributed by atoms with van der Waals surface area (Å²) in [6.45, 7) is 3.52. The third-order valence-electron chi connectivity index (χ3n) is 3.32. The molecule has 0 amide bonds. The van der Waals surface area contributed by atoms with Crippen LogP contribution in [-0.2, 0) is 7.05 Å². The highest BCUT2D eigenvalue weighted by Gasteiger charge is 2.18. The number of nitrogens with one attached hydrogen (secondary N) is 1. The maximum absolute atomic E-state index is 3.63. The van der Waals surface area contributed by atoms with Gasteiger partial charge in [0, 0.05) is 25.0 Å². The Balaban J connectivity index is 2.08. The van der Waals surface area contributed by atoms with Crippen molar-refractivity contribution in [2.75, 3.05) is 6.54 Å². The van der Waals surface area contributed by atoms with E-state index in [-0.39, 0.29) is 0 Å². The van der Waals surface area contributed by atoms with E-state index in [0.717, 1.165) is 12.5 Å². The summed E-state index contributed by atoms with van der Waals surface area (Å²) in [6, 6.07) is 4.93. The van der Waals surface area contributed by atoms with Crippen LogP contribution in [0.1, 0.15) is 37.9 Å². The molecule has 14 heavy (non-hydrogen) atoms. The Morgan fingerprint density at radius 3 is 2.93 bits per heavy atom. The summed E-state index contributed by atoms with van der Waals surface area (Å²) in [4.78, 5) is 0. The van der Waals surface area contributed by atoms with Crippen molar-refractivity contribution >= 4 is 0 Å². The van der Waals surface area contributed by atoms with Gasteiger partial charge in [-0.2, -0.15) is 0 Å². The summed E-state index contributed by atoms with van der Waals surface area (Å²) >= 11 is 0. The van der Waals surface area contributed by atoms with Crippen molar-refractivity contribution < 1.29 is 0 Å². The van der Waals surface area contributed by atoms with Crippen LogP contribution < -0.4 is 5.32 Å². The Bertz CT molecular complexity index is 290. The van der Waals surface area contributed by atoms with E-state index < -0.39 is 0 Å². The molecule has 0 aromatic carbocycles. The van der Waals surface area contributed by atoms with Crippen molar-refractivity contribution in [3.8, 4) is 0 Å². The molecule has 2 heterocycles. The normalized spacial score (nSPS) is 28.7. The lowest BCUT2D eigenvalue weighted by atomic mass is 10.0. The van der Waals surface area contributed by atoms with Gasteiger partial charge in [-0.25, -0.2) is 0 Å². The van der Waals surface area contributed by atoms with Crippen LogP contribution in [0.25, 0.3) is 0 Å². The lowest BCUT2D eigenvalue weighted by Crippen LogP contribution is -2.22. The second-order valence-corrected chi connectivity index (χ2v) is 4.52. The van der Waals surface area contributed by atoms with Crippen LogP contribution in [0.15, 0.2) is 18.3 Å². The highest BCUT2D eigenvalue weighted by atomic mass is 15.0. The summed E-state index contributed by atoms with van der Waals surface area (Å²) in [5, 5.41) is 3.63. The third-order valence-corrected chi connectivity index (χ3v) is 3.32. The SMILES string of the molecule is C[C@@H]1CCN[C@@H](c2cccn2C)CC1. The van der Waals surface area contributed by atoms with Gasteiger partial charge in [-0.3, -0.25) is 0 Å². The number of nitrogens with zero attached hydrogens (tertiary/aromatic N) is 1. The fraction of sp³-hybridized carbons (Fsp3) is 0.667. The van der Waals surface area contributed by atoms with Gasteiger partial charge in [0.15, 0.2) is 0 Å². The van der Waals surface area contributed by atoms with Crippen molar-refractivity contribution in [1.82, 2.24) is 9.88 Å². The molecule has 2 atom stereocenters. The molecule has 1 saturated heterocycles. The van der Waals surface area contributed by atoms with Gasteiger partial charge in [-0.05, 0) is 43.9 Å². The van der Waals surface area contributed by atoms with Crippen molar-refractivity contribution in [3.63, 3.8) is 0 Å². The molecule has 0 saturated carbocycles. The molecule has 1 aromatic rings. The zero-order valence-corrected chi connectivity index (χ0v) is 9.16. The van der Waals surface area contributed by atoms with Crippen molar-refractivity contribution in [1.29, 1.82) is 0 Å². The monoisotopic (exact) mass is 192 g/mol. The van der Waals surface area contributed by atoms with E-state index >= 15 is 0 Å². The molecule has 0 unspecified atom stereocenters. The van der Waals surface area contributed by atoms with Crippen LogP contribution in [0.4, 0.5) is 0 Å². The molecule has 2 heteroatoms. The fourth-order valence-electron chi connectivity index (χ4n) is 2.29. The van der Waals surface area contributed by atoms with E-state index in [4.69, 9.17) is 0 Å². The number of hydrogen-bond acceptors (Lipinski definition) is 1. The highest BCUT2D eigenvalue weighted by Crippen LogP contribution is 2.25. The maximum atomic E-state index is 3.63. The Morgan fingerprint density at radius 1 is 1.36 bits per heavy atom. The number of aryl methyl sites for hydroxylation is 1. The minimum atomic E-state index is 0.569. The minimum absolute atomic E-state index is 0.569. The molecule has 0 aliphatic carbocycles. The van der Waals surface area contributed by atoms with E-state index in [0.29, 0.717) is 6.04 Å². The zero-order chi connectivity index (χ0) is 9.97. The molecular formula is C12H20N2. The molecule has 1 aliphatic heterocycles. The van der Waals surface area contributed by atoms with Gasteiger partial charge in [0.1, 0.15) is 0 Å². The molecule has 78 valence electrons. The molecule has 1 aromatic heterocycles. The first-order valence-electron chi connectivity index (χ1n) is 5.62. The molecule has 1 fully saturated rings. The average molecular weight is 192 g/mol.